The molecule has 2 aromatic carbocycles. The van der Waals surface area contributed by atoms with Crippen LogP contribution in [0, 0.1) is 0 Å². The third-order valence-electron chi connectivity index (χ3n) is 5.40. The summed E-state index contributed by atoms with van der Waals surface area (Å²) in [6, 6.07) is 19.5. The molecule has 0 bridgehead atoms. The molecule has 3 heterocycles. The molecule has 6 nitrogen and oxygen atoms in total. The van der Waals surface area contributed by atoms with E-state index in [1.807, 2.05) is 48.5 Å². The van der Waals surface area contributed by atoms with E-state index in [1.54, 1.807) is 29.7 Å². The number of benzene rings is 2. The molecule has 0 unspecified atom stereocenters. The van der Waals surface area contributed by atoms with Crippen LogP contribution < -0.4 is 14.9 Å². The van der Waals surface area contributed by atoms with Gasteiger partial charge in [0.2, 0.25) is 0 Å². The maximum absolute atomic E-state index is 12.9. The number of nitrogens with one attached hydrogen (secondary N) is 1. The Labute approximate surface area is 196 Å². The lowest BCUT2D eigenvalue weighted by molar-refractivity contribution is 0.0989. The number of amides is 1. The summed E-state index contributed by atoms with van der Waals surface area (Å²) in [5, 5.41) is 6.02. The van der Waals surface area contributed by atoms with Crippen LogP contribution in [0.5, 0.6) is 5.75 Å². The fraction of sp³-hybridized carbons (Fsp3) is 0.0800. The first-order chi connectivity index (χ1) is 16.2. The average molecular weight is 452 g/mol. The molecule has 8 heteroatoms. The Hall–Kier alpha value is -3.91. The minimum absolute atomic E-state index is 0.0995. The highest BCUT2D eigenvalue weighted by Crippen LogP contribution is 2.26. The van der Waals surface area contributed by atoms with Crippen LogP contribution in [0.25, 0.3) is 16.6 Å². The number of nitrogens with zero attached hydrogens (tertiary/aromatic N) is 3. The van der Waals surface area contributed by atoms with Crippen molar-refractivity contribution in [3.63, 3.8) is 0 Å². The molecule has 1 N–H and O–H groups in total. The van der Waals surface area contributed by atoms with Crippen LogP contribution in [0.1, 0.15) is 16.1 Å². The number of ether oxygens (including phenoxy) is 1. The van der Waals surface area contributed by atoms with E-state index in [-0.39, 0.29) is 12.8 Å². The van der Waals surface area contributed by atoms with Gasteiger partial charge in [0.15, 0.2) is 0 Å². The van der Waals surface area contributed by atoms with Crippen molar-refractivity contribution < 1.29 is 9.53 Å². The first-order valence-electron chi connectivity index (χ1n) is 10.6. The molecular formula is C25H21BN4O2S. The number of carbonyl (C=O) groups is 1. The lowest BCUT2D eigenvalue weighted by Crippen LogP contribution is -2.32. The van der Waals surface area contributed by atoms with E-state index in [0.29, 0.717) is 12.2 Å². The Balaban J connectivity index is 1.20. The smallest absolute Gasteiger partial charge is 0.319 e. The highest BCUT2D eigenvalue weighted by atomic mass is 32.1. The standard InChI is InChI=1S/C25H21BN4O2S/c1-30(25(31)23-16-33-24(28-23)19-6-4-14-27-15-19)20-8-10-21(11-9-20)32-17-26-13-12-18-5-2-3-7-22(18)29-26/h2-16,29H,17H2,1H3. The number of para-hydroxylation sites is 1. The van der Waals surface area contributed by atoms with Crippen LogP contribution in [0.15, 0.2) is 84.4 Å². The zero-order valence-corrected chi connectivity index (χ0v) is 18.8. The van der Waals surface area contributed by atoms with Crippen LogP contribution >= 0.6 is 11.3 Å². The van der Waals surface area contributed by atoms with Gasteiger partial charge in [-0.2, -0.15) is 0 Å². The zero-order chi connectivity index (χ0) is 22.6. The van der Waals surface area contributed by atoms with Crippen LogP contribution in [0.3, 0.4) is 0 Å². The molecule has 0 fully saturated rings. The molecule has 2 aromatic heterocycles. The van der Waals surface area contributed by atoms with Crippen molar-refractivity contribution in [3.8, 4) is 16.3 Å². The second kappa shape index (κ2) is 9.30. The van der Waals surface area contributed by atoms with Gasteiger partial charge in [-0.3, -0.25) is 9.78 Å². The van der Waals surface area contributed by atoms with Crippen LogP contribution in [-0.4, -0.2) is 36.3 Å². The molecule has 0 atom stereocenters. The summed E-state index contributed by atoms with van der Waals surface area (Å²) in [5.41, 5.74) is 4.37. The van der Waals surface area contributed by atoms with Crippen molar-refractivity contribution in [1.82, 2.24) is 9.97 Å². The van der Waals surface area contributed by atoms with E-state index >= 15 is 0 Å². The molecule has 0 saturated heterocycles. The summed E-state index contributed by atoms with van der Waals surface area (Å²) in [4.78, 5) is 23.1. The maximum atomic E-state index is 12.9. The van der Waals surface area contributed by atoms with Gasteiger partial charge in [0.05, 0.1) is 6.51 Å². The van der Waals surface area contributed by atoms with Crippen molar-refractivity contribution in [1.29, 1.82) is 0 Å². The highest BCUT2D eigenvalue weighted by molar-refractivity contribution is 7.13. The lowest BCUT2D eigenvalue weighted by atomic mass is 9.61. The van der Waals surface area contributed by atoms with Crippen LogP contribution in [-0.2, 0) is 0 Å². The summed E-state index contributed by atoms with van der Waals surface area (Å²) >= 11 is 1.43. The summed E-state index contributed by atoms with van der Waals surface area (Å²) < 4.78 is 5.96. The van der Waals surface area contributed by atoms with Crippen molar-refractivity contribution in [2.75, 3.05) is 23.7 Å². The van der Waals surface area contributed by atoms with Crippen molar-refractivity contribution in [2.45, 2.75) is 0 Å². The molecule has 4 aromatic rings. The third-order valence-corrected chi connectivity index (χ3v) is 6.29. The number of pyridine rings is 1. The molecule has 0 radical (unpaired) electrons. The van der Waals surface area contributed by atoms with Gasteiger partial charge in [-0.05, 0) is 48.0 Å². The van der Waals surface area contributed by atoms with Gasteiger partial charge in [0.25, 0.3) is 5.91 Å². The fourth-order valence-electron chi connectivity index (χ4n) is 3.57. The van der Waals surface area contributed by atoms with E-state index in [0.717, 1.165) is 27.7 Å². The summed E-state index contributed by atoms with van der Waals surface area (Å²) in [7, 11) is 1.75. The zero-order valence-electron chi connectivity index (χ0n) is 18.0. The van der Waals surface area contributed by atoms with Crippen molar-refractivity contribution in [2.24, 2.45) is 0 Å². The second-order valence-corrected chi connectivity index (χ2v) is 8.50. The fourth-order valence-corrected chi connectivity index (χ4v) is 4.36. The van der Waals surface area contributed by atoms with E-state index in [1.165, 1.54) is 16.9 Å². The number of aromatic nitrogens is 2. The number of thiazole rings is 1. The molecular weight excluding hydrogens is 431 g/mol. The van der Waals surface area contributed by atoms with E-state index in [4.69, 9.17) is 4.74 Å². The van der Waals surface area contributed by atoms with E-state index in [2.05, 4.69) is 39.4 Å². The predicted octanol–water partition coefficient (Wildman–Crippen LogP) is 5.07. The van der Waals surface area contributed by atoms with Crippen LogP contribution in [0.4, 0.5) is 11.4 Å². The first-order valence-corrected chi connectivity index (χ1v) is 11.5. The molecule has 33 heavy (non-hydrogen) atoms. The summed E-state index contributed by atoms with van der Waals surface area (Å²) in [5.74, 6) is 2.70. The summed E-state index contributed by atoms with van der Waals surface area (Å²) in [6.45, 7) is 0.608. The Morgan fingerprint density at radius 2 is 1.97 bits per heavy atom. The number of carbonyl (C=O) groups excluding carboxylic acids is 1. The third kappa shape index (κ3) is 4.66. The molecule has 1 amide bonds. The molecule has 1 aliphatic rings. The number of hydrogen-bond donors (Lipinski definition) is 1. The number of fused-ring (bicyclic) bond motifs is 1. The SMILES string of the molecule is CN(C(=O)c1csc(-c2cccnc2)n1)c1ccc(OCB2C=Cc3ccccc3N2)cc1. The largest absolute Gasteiger partial charge is 0.499 e. The molecule has 5 rings (SSSR count). The Kier molecular flexibility index (Phi) is 5.91. The second-order valence-electron chi connectivity index (χ2n) is 7.65. The normalized spacial score (nSPS) is 12.1. The monoisotopic (exact) mass is 452 g/mol. The molecule has 0 spiro atoms. The van der Waals surface area contributed by atoms with Gasteiger partial charge in [0, 0.05) is 41.8 Å². The number of hydrogen-bond acceptors (Lipinski definition) is 6. The van der Waals surface area contributed by atoms with Gasteiger partial charge in [-0.25, -0.2) is 4.98 Å². The Bertz CT molecular complexity index is 1290. The lowest BCUT2D eigenvalue weighted by Gasteiger charge is -2.20. The molecule has 0 saturated carbocycles. The quantitative estimate of drug-likeness (QED) is 0.414. The van der Waals surface area contributed by atoms with Gasteiger partial charge < -0.3 is 14.9 Å². The van der Waals surface area contributed by atoms with Gasteiger partial charge >= 0.3 is 6.85 Å². The molecule has 1 aliphatic heterocycles. The minimum Gasteiger partial charge on any atom is -0.499 e. The van der Waals surface area contributed by atoms with Gasteiger partial charge in [-0.1, -0.05) is 30.3 Å². The van der Waals surface area contributed by atoms with Gasteiger partial charge in [0.1, 0.15) is 16.5 Å². The molecule has 162 valence electrons. The number of anilines is 2. The molecule has 0 aliphatic carbocycles. The predicted molar refractivity (Wildman–Crippen MR) is 135 cm³/mol. The summed E-state index contributed by atoms with van der Waals surface area (Å²) in [6.07, 6.45) is 5.57. The van der Waals surface area contributed by atoms with Gasteiger partial charge in [-0.15, -0.1) is 11.3 Å². The Morgan fingerprint density at radius 3 is 2.79 bits per heavy atom. The first kappa shape index (κ1) is 21.0. The topological polar surface area (TPSA) is 67.4 Å². The van der Waals surface area contributed by atoms with E-state index < -0.39 is 0 Å². The van der Waals surface area contributed by atoms with Crippen LogP contribution in [0.2, 0.25) is 0 Å². The minimum atomic E-state index is -0.162. The number of rotatable bonds is 6. The maximum Gasteiger partial charge on any atom is 0.319 e. The van der Waals surface area contributed by atoms with Crippen molar-refractivity contribution >= 4 is 41.5 Å². The highest BCUT2D eigenvalue weighted by Gasteiger charge is 2.19. The average Bonchev–Trinajstić information content (AvgIpc) is 3.38. The van der Waals surface area contributed by atoms with Crippen molar-refractivity contribution in [3.05, 3.63) is 95.7 Å². The van der Waals surface area contributed by atoms with E-state index in [9.17, 15) is 4.79 Å². The Morgan fingerprint density at radius 1 is 1.12 bits per heavy atom.